The molecular weight excluding hydrogens is 362 g/mol. The van der Waals surface area contributed by atoms with Gasteiger partial charge in [-0.25, -0.2) is 0 Å². The molecule has 0 spiro atoms. The van der Waals surface area contributed by atoms with Crippen LogP contribution in [0.4, 0.5) is 11.4 Å². The molecule has 2 aromatic carbocycles. The number of rotatable bonds is 9. The number of nitro groups is 1. The van der Waals surface area contributed by atoms with Gasteiger partial charge < -0.3 is 15.4 Å². The minimum absolute atomic E-state index is 0.0584. The Morgan fingerprint density at radius 3 is 2.50 bits per heavy atom. The zero-order valence-corrected chi connectivity index (χ0v) is 15.9. The summed E-state index contributed by atoms with van der Waals surface area (Å²) in [5.41, 5.74) is 0.640. The van der Waals surface area contributed by atoms with Crippen LogP contribution in [0.25, 0.3) is 0 Å². The molecule has 0 saturated heterocycles. The molecule has 8 heteroatoms. The third-order valence-corrected chi connectivity index (χ3v) is 4.04. The molecule has 2 rings (SSSR count). The summed E-state index contributed by atoms with van der Waals surface area (Å²) in [6.07, 6.45) is 0.670. The van der Waals surface area contributed by atoms with Crippen LogP contribution in [-0.2, 0) is 4.74 Å². The van der Waals surface area contributed by atoms with Gasteiger partial charge in [0.15, 0.2) is 0 Å². The quantitative estimate of drug-likeness (QED) is 0.391. The minimum Gasteiger partial charge on any atom is -0.382 e. The van der Waals surface area contributed by atoms with E-state index in [-0.39, 0.29) is 28.4 Å². The van der Waals surface area contributed by atoms with Crippen LogP contribution in [0.1, 0.15) is 39.6 Å². The summed E-state index contributed by atoms with van der Waals surface area (Å²) in [7, 11) is 0. The number of nitrogens with zero attached hydrogens (tertiary/aromatic N) is 1. The van der Waals surface area contributed by atoms with Crippen LogP contribution in [0.3, 0.4) is 0 Å². The van der Waals surface area contributed by atoms with Crippen molar-refractivity contribution in [3.8, 4) is 0 Å². The monoisotopic (exact) mass is 385 g/mol. The first-order valence-corrected chi connectivity index (χ1v) is 8.96. The zero-order chi connectivity index (χ0) is 20.5. The van der Waals surface area contributed by atoms with Gasteiger partial charge in [0, 0.05) is 25.3 Å². The van der Waals surface area contributed by atoms with E-state index in [1.807, 2.05) is 6.92 Å². The molecule has 0 bridgehead atoms. The number of hydrogen-bond donors (Lipinski definition) is 2. The number of carbonyl (C=O) groups excluding carboxylic acids is 2. The molecule has 2 N–H and O–H groups in total. The lowest BCUT2D eigenvalue weighted by atomic mass is 10.1. The summed E-state index contributed by atoms with van der Waals surface area (Å²) in [5.74, 6) is -0.988. The Balaban J connectivity index is 2.15. The lowest BCUT2D eigenvalue weighted by Gasteiger charge is -2.12. The number of aryl methyl sites for hydroxylation is 1. The van der Waals surface area contributed by atoms with Crippen LogP contribution >= 0.6 is 0 Å². The van der Waals surface area contributed by atoms with Gasteiger partial charge in [-0.2, -0.15) is 0 Å². The van der Waals surface area contributed by atoms with Crippen molar-refractivity contribution in [2.75, 3.05) is 25.1 Å². The molecule has 0 aliphatic rings. The van der Waals surface area contributed by atoms with E-state index in [2.05, 4.69) is 10.6 Å². The summed E-state index contributed by atoms with van der Waals surface area (Å²) in [4.78, 5) is 35.8. The first kappa shape index (κ1) is 21.0. The Hall–Kier alpha value is -3.26. The predicted octanol–water partition coefficient (Wildman–Crippen LogP) is 3.31. The normalized spacial score (nSPS) is 10.4. The van der Waals surface area contributed by atoms with Gasteiger partial charge >= 0.3 is 0 Å². The van der Waals surface area contributed by atoms with Gasteiger partial charge in [-0.05, 0) is 38.5 Å². The summed E-state index contributed by atoms with van der Waals surface area (Å²) >= 11 is 0. The third-order valence-electron chi connectivity index (χ3n) is 4.04. The Bertz CT molecular complexity index is 867. The molecule has 148 valence electrons. The summed E-state index contributed by atoms with van der Waals surface area (Å²) in [5, 5.41) is 16.7. The maximum Gasteiger partial charge on any atom is 0.285 e. The average Bonchev–Trinajstić information content (AvgIpc) is 2.67. The van der Waals surface area contributed by atoms with Crippen LogP contribution in [0.2, 0.25) is 0 Å². The van der Waals surface area contributed by atoms with Crippen molar-refractivity contribution in [1.29, 1.82) is 0 Å². The molecule has 0 atom stereocenters. The molecule has 0 aliphatic carbocycles. The molecule has 0 radical (unpaired) electrons. The van der Waals surface area contributed by atoms with Crippen LogP contribution < -0.4 is 10.6 Å². The number of benzene rings is 2. The van der Waals surface area contributed by atoms with Crippen molar-refractivity contribution in [2.24, 2.45) is 0 Å². The Morgan fingerprint density at radius 1 is 1.07 bits per heavy atom. The fraction of sp³-hybridized carbons (Fsp3) is 0.300. The lowest BCUT2D eigenvalue weighted by Crippen LogP contribution is -2.27. The summed E-state index contributed by atoms with van der Waals surface area (Å²) < 4.78 is 5.22. The van der Waals surface area contributed by atoms with Gasteiger partial charge in [0.25, 0.3) is 17.5 Å². The molecule has 0 saturated carbocycles. The largest absolute Gasteiger partial charge is 0.382 e. The molecule has 0 heterocycles. The minimum atomic E-state index is -0.646. The zero-order valence-electron chi connectivity index (χ0n) is 15.9. The molecular formula is C20H23N3O5. The number of ether oxygens (including phenoxy) is 1. The van der Waals surface area contributed by atoms with Gasteiger partial charge in [0.2, 0.25) is 0 Å². The smallest absolute Gasteiger partial charge is 0.285 e. The second kappa shape index (κ2) is 10.2. The lowest BCUT2D eigenvalue weighted by molar-refractivity contribution is -0.385. The van der Waals surface area contributed by atoms with E-state index >= 15 is 0 Å². The number of carbonyl (C=O) groups is 2. The maximum atomic E-state index is 12.6. The van der Waals surface area contributed by atoms with Crippen LogP contribution in [0.5, 0.6) is 0 Å². The molecule has 0 fully saturated rings. The fourth-order valence-corrected chi connectivity index (χ4v) is 2.68. The molecule has 0 unspecified atom stereocenters. The van der Waals surface area contributed by atoms with E-state index in [0.717, 1.165) is 0 Å². The second-order valence-electron chi connectivity index (χ2n) is 6.03. The highest BCUT2D eigenvalue weighted by Gasteiger charge is 2.23. The number of nitrogens with one attached hydrogen (secondary N) is 2. The van der Waals surface area contributed by atoms with Crippen molar-refractivity contribution < 1.29 is 19.2 Å². The molecule has 2 aromatic rings. The third kappa shape index (κ3) is 5.37. The Kier molecular flexibility index (Phi) is 7.65. The van der Waals surface area contributed by atoms with Gasteiger partial charge in [0.05, 0.1) is 16.2 Å². The topological polar surface area (TPSA) is 111 Å². The highest BCUT2D eigenvalue weighted by Crippen LogP contribution is 2.25. The first-order chi connectivity index (χ1) is 13.5. The maximum absolute atomic E-state index is 12.6. The standard InChI is InChI=1S/C20H23N3O5/c1-3-28-13-7-12-21-19(24)15-9-4-5-11-17(15)22-20(25)16-10-6-8-14(2)18(16)23(26)27/h4-6,8-11H,3,7,12-13H2,1-2H3,(H,21,24)(H,22,25). The van der Waals surface area contributed by atoms with Gasteiger partial charge in [0.1, 0.15) is 5.56 Å². The van der Waals surface area contributed by atoms with Gasteiger partial charge in [-0.15, -0.1) is 0 Å². The fourth-order valence-electron chi connectivity index (χ4n) is 2.68. The Morgan fingerprint density at radius 2 is 1.79 bits per heavy atom. The number of hydrogen-bond acceptors (Lipinski definition) is 5. The van der Waals surface area contributed by atoms with E-state index in [9.17, 15) is 19.7 Å². The Labute approximate surface area is 163 Å². The van der Waals surface area contributed by atoms with Crippen LogP contribution in [0.15, 0.2) is 42.5 Å². The van der Waals surface area contributed by atoms with Crippen molar-refractivity contribution in [1.82, 2.24) is 5.32 Å². The van der Waals surface area contributed by atoms with Crippen LogP contribution in [0, 0.1) is 17.0 Å². The van der Waals surface area contributed by atoms with Gasteiger partial charge in [-0.3, -0.25) is 19.7 Å². The van der Waals surface area contributed by atoms with E-state index in [4.69, 9.17) is 4.74 Å². The van der Waals surface area contributed by atoms with E-state index in [0.29, 0.717) is 31.7 Å². The first-order valence-electron chi connectivity index (χ1n) is 8.96. The predicted molar refractivity (Wildman–Crippen MR) is 106 cm³/mol. The second-order valence-corrected chi connectivity index (χ2v) is 6.03. The highest BCUT2D eigenvalue weighted by atomic mass is 16.6. The summed E-state index contributed by atoms with van der Waals surface area (Å²) in [6, 6.07) is 11.0. The SMILES string of the molecule is CCOCCCNC(=O)c1ccccc1NC(=O)c1cccc(C)c1[N+](=O)[O-]. The van der Waals surface area contributed by atoms with E-state index < -0.39 is 10.8 Å². The van der Waals surface area contributed by atoms with Crippen molar-refractivity contribution in [3.63, 3.8) is 0 Å². The van der Waals surface area contributed by atoms with Crippen molar-refractivity contribution >= 4 is 23.2 Å². The molecule has 28 heavy (non-hydrogen) atoms. The number of para-hydroxylation sites is 2. The highest BCUT2D eigenvalue weighted by molar-refractivity contribution is 6.10. The molecule has 0 aliphatic heterocycles. The molecule has 0 aromatic heterocycles. The number of amides is 2. The number of nitro benzene ring substituents is 1. The van der Waals surface area contributed by atoms with Crippen molar-refractivity contribution in [3.05, 3.63) is 69.3 Å². The number of anilines is 1. The van der Waals surface area contributed by atoms with Gasteiger partial charge in [-0.1, -0.05) is 24.3 Å². The summed E-state index contributed by atoms with van der Waals surface area (Å²) in [6.45, 7) is 5.07. The van der Waals surface area contributed by atoms with Crippen LogP contribution in [-0.4, -0.2) is 36.5 Å². The average molecular weight is 385 g/mol. The van der Waals surface area contributed by atoms with E-state index in [1.165, 1.54) is 6.07 Å². The van der Waals surface area contributed by atoms with E-state index in [1.54, 1.807) is 43.3 Å². The molecule has 8 nitrogen and oxygen atoms in total. The van der Waals surface area contributed by atoms with Crippen molar-refractivity contribution in [2.45, 2.75) is 20.3 Å². The molecule has 2 amide bonds.